The number of hydrogen-bond donors (Lipinski definition) is 1. The summed E-state index contributed by atoms with van der Waals surface area (Å²) in [6, 6.07) is 7.20. The minimum atomic E-state index is -0.167. The van der Waals surface area contributed by atoms with Crippen molar-refractivity contribution in [2.24, 2.45) is 11.8 Å². The maximum Gasteiger partial charge on any atom is 0.261 e. The van der Waals surface area contributed by atoms with Gasteiger partial charge in [-0.1, -0.05) is 38.3 Å². The second kappa shape index (κ2) is 7.60. The highest BCUT2D eigenvalue weighted by atomic mass is 16.2. The van der Waals surface area contributed by atoms with Crippen molar-refractivity contribution in [2.75, 3.05) is 6.54 Å². The number of aromatic nitrogens is 2. The Hall–Kier alpha value is -2.17. The van der Waals surface area contributed by atoms with E-state index in [4.69, 9.17) is 0 Å². The molecule has 1 aliphatic rings. The van der Waals surface area contributed by atoms with Gasteiger partial charge in [0.05, 0.1) is 17.2 Å². The molecule has 1 saturated carbocycles. The van der Waals surface area contributed by atoms with E-state index in [0.717, 1.165) is 5.92 Å². The maximum absolute atomic E-state index is 12.4. The third-order valence-electron chi connectivity index (χ3n) is 5.18. The molecule has 5 nitrogen and oxygen atoms in total. The van der Waals surface area contributed by atoms with Gasteiger partial charge in [-0.3, -0.25) is 14.2 Å². The zero-order valence-electron chi connectivity index (χ0n) is 14.2. The Morgan fingerprint density at radius 2 is 1.92 bits per heavy atom. The largest absolute Gasteiger partial charge is 0.354 e. The zero-order valence-corrected chi connectivity index (χ0v) is 14.2. The number of fused-ring (bicyclic) bond motifs is 1. The van der Waals surface area contributed by atoms with E-state index in [1.165, 1.54) is 43.0 Å². The lowest BCUT2D eigenvalue weighted by atomic mass is 9.81. The third-order valence-corrected chi connectivity index (χ3v) is 5.18. The van der Waals surface area contributed by atoms with Gasteiger partial charge in [0.15, 0.2) is 0 Å². The van der Waals surface area contributed by atoms with E-state index in [0.29, 0.717) is 23.4 Å². The van der Waals surface area contributed by atoms with Crippen LogP contribution in [0.15, 0.2) is 35.4 Å². The van der Waals surface area contributed by atoms with Crippen molar-refractivity contribution in [3.8, 4) is 0 Å². The standard InChI is InChI=1S/C19H25N3O2/c1-2-14-7-9-15(10-8-14)11-20-18(23)12-22-13-21-17-6-4-3-5-16(17)19(22)24/h3-6,13-15H,2,7-12H2,1H3,(H,20,23). The monoisotopic (exact) mass is 327 g/mol. The smallest absolute Gasteiger partial charge is 0.261 e. The molecule has 1 aromatic carbocycles. The highest BCUT2D eigenvalue weighted by molar-refractivity contribution is 5.78. The molecule has 1 aromatic heterocycles. The Morgan fingerprint density at radius 3 is 2.67 bits per heavy atom. The Bertz CT molecular complexity index is 761. The number of carbonyl (C=O) groups excluding carboxylic acids is 1. The second-order valence-electron chi connectivity index (χ2n) is 6.79. The number of para-hydroxylation sites is 1. The van der Waals surface area contributed by atoms with Crippen LogP contribution in [0.3, 0.4) is 0 Å². The highest BCUT2D eigenvalue weighted by Crippen LogP contribution is 2.30. The summed E-state index contributed by atoms with van der Waals surface area (Å²) in [7, 11) is 0. The van der Waals surface area contributed by atoms with Crippen LogP contribution in [0.4, 0.5) is 0 Å². The average molecular weight is 327 g/mol. The van der Waals surface area contributed by atoms with Crippen LogP contribution >= 0.6 is 0 Å². The SMILES string of the molecule is CCC1CCC(CNC(=O)Cn2cnc3ccccc3c2=O)CC1. The molecule has 0 aliphatic heterocycles. The van der Waals surface area contributed by atoms with Gasteiger partial charge in [-0.25, -0.2) is 4.98 Å². The molecule has 0 radical (unpaired) electrons. The molecule has 1 aliphatic carbocycles. The van der Waals surface area contributed by atoms with Gasteiger partial charge in [0, 0.05) is 6.54 Å². The summed E-state index contributed by atoms with van der Waals surface area (Å²) in [5.74, 6) is 1.31. The van der Waals surface area contributed by atoms with Crippen LogP contribution in [0.25, 0.3) is 10.9 Å². The number of hydrogen-bond acceptors (Lipinski definition) is 3. The summed E-state index contributed by atoms with van der Waals surface area (Å²) in [5, 5.41) is 3.53. The van der Waals surface area contributed by atoms with Gasteiger partial charge in [-0.15, -0.1) is 0 Å². The fourth-order valence-electron chi connectivity index (χ4n) is 3.53. The maximum atomic E-state index is 12.4. The van der Waals surface area contributed by atoms with Crippen LogP contribution in [-0.2, 0) is 11.3 Å². The molecule has 128 valence electrons. The van der Waals surface area contributed by atoms with Crippen LogP contribution in [0.5, 0.6) is 0 Å². The van der Waals surface area contributed by atoms with Crippen LogP contribution < -0.4 is 10.9 Å². The van der Waals surface area contributed by atoms with Gasteiger partial charge in [0.25, 0.3) is 5.56 Å². The van der Waals surface area contributed by atoms with Crippen molar-refractivity contribution in [1.82, 2.24) is 14.9 Å². The first kappa shape index (κ1) is 16.7. The van der Waals surface area contributed by atoms with Crippen LogP contribution in [-0.4, -0.2) is 22.0 Å². The van der Waals surface area contributed by atoms with E-state index in [2.05, 4.69) is 17.2 Å². The first-order chi connectivity index (χ1) is 11.7. The van der Waals surface area contributed by atoms with E-state index in [1.54, 1.807) is 12.1 Å². The first-order valence-electron chi connectivity index (χ1n) is 8.88. The van der Waals surface area contributed by atoms with Crippen LogP contribution in [0.2, 0.25) is 0 Å². The minimum absolute atomic E-state index is 0.0287. The van der Waals surface area contributed by atoms with Gasteiger partial charge in [-0.05, 0) is 36.8 Å². The lowest BCUT2D eigenvalue weighted by Crippen LogP contribution is -2.36. The van der Waals surface area contributed by atoms with Gasteiger partial charge in [-0.2, -0.15) is 0 Å². The van der Waals surface area contributed by atoms with Gasteiger partial charge < -0.3 is 5.32 Å². The first-order valence-corrected chi connectivity index (χ1v) is 8.88. The lowest BCUT2D eigenvalue weighted by molar-refractivity contribution is -0.122. The Morgan fingerprint density at radius 1 is 1.21 bits per heavy atom. The van der Waals surface area contributed by atoms with E-state index in [1.807, 2.05) is 12.1 Å². The fourth-order valence-corrected chi connectivity index (χ4v) is 3.53. The summed E-state index contributed by atoms with van der Waals surface area (Å²) in [6.07, 6.45) is 7.64. The number of rotatable bonds is 5. The number of amides is 1. The molecule has 0 spiro atoms. The Kier molecular flexibility index (Phi) is 5.28. The molecular formula is C19H25N3O2. The molecule has 0 unspecified atom stereocenters. The molecular weight excluding hydrogens is 302 g/mol. The summed E-state index contributed by atoms with van der Waals surface area (Å²) in [5.41, 5.74) is 0.492. The van der Waals surface area contributed by atoms with Crippen molar-refractivity contribution in [3.05, 3.63) is 40.9 Å². The van der Waals surface area contributed by atoms with E-state index in [-0.39, 0.29) is 18.0 Å². The summed E-state index contributed by atoms with van der Waals surface area (Å²) in [6.45, 7) is 2.99. The summed E-state index contributed by atoms with van der Waals surface area (Å²) < 4.78 is 1.38. The molecule has 1 amide bonds. The second-order valence-corrected chi connectivity index (χ2v) is 6.79. The van der Waals surface area contributed by atoms with Gasteiger partial charge in [0.2, 0.25) is 5.91 Å². The summed E-state index contributed by atoms with van der Waals surface area (Å²) in [4.78, 5) is 28.8. The highest BCUT2D eigenvalue weighted by Gasteiger charge is 2.20. The number of nitrogens with one attached hydrogen (secondary N) is 1. The lowest BCUT2D eigenvalue weighted by Gasteiger charge is -2.27. The molecule has 24 heavy (non-hydrogen) atoms. The molecule has 0 saturated heterocycles. The van der Waals surface area contributed by atoms with Gasteiger partial charge >= 0.3 is 0 Å². The molecule has 2 aromatic rings. The molecule has 1 N–H and O–H groups in total. The Labute approximate surface area is 142 Å². The third kappa shape index (κ3) is 3.83. The van der Waals surface area contributed by atoms with E-state index >= 15 is 0 Å². The quantitative estimate of drug-likeness (QED) is 0.918. The van der Waals surface area contributed by atoms with Crippen LogP contribution in [0, 0.1) is 11.8 Å². The number of nitrogens with zero attached hydrogens (tertiary/aromatic N) is 2. The van der Waals surface area contributed by atoms with Crippen molar-refractivity contribution in [3.63, 3.8) is 0 Å². The molecule has 5 heteroatoms. The fraction of sp³-hybridized carbons (Fsp3) is 0.526. The predicted octanol–water partition coefficient (Wildman–Crippen LogP) is 2.73. The normalized spacial score (nSPS) is 20.9. The van der Waals surface area contributed by atoms with Gasteiger partial charge in [0.1, 0.15) is 6.54 Å². The predicted molar refractivity (Wildman–Crippen MR) is 94.8 cm³/mol. The molecule has 3 rings (SSSR count). The minimum Gasteiger partial charge on any atom is -0.354 e. The molecule has 0 atom stereocenters. The van der Waals surface area contributed by atoms with Crippen molar-refractivity contribution in [2.45, 2.75) is 45.6 Å². The number of carbonyl (C=O) groups is 1. The van der Waals surface area contributed by atoms with E-state index in [9.17, 15) is 9.59 Å². The van der Waals surface area contributed by atoms with Crippen molar-refractivity contribution < 1.29 is 4.79 Å². The number of benzene rings is 1. The molecule has 1 fully saturated rings. The van der Waals surface area contributed by atoms with Crippen molar-refractivity contribution >= 4 is 16.8 Å². The average Bonchev–Trinajstić information content (AvgIpc) is 2.63. The molecule has 1 heterocycles. The Balaban J connectivity index is 1.56. The van der Waals surface area contributed by atoms with Crippen LogP contribution in [0.1, 0.15) is 39.0 Å². The topological polar surface area (TPSA) is 64.0 Å². The molecule has 0 bridgehead atoms. The summed E-state index contributed by atoms with van der Waals surface area (Å²) >= 11 is 0. The van der Waals surface area contributed by atoms with E-state index < -0.39 is 0 Å². The van der Waals surface area contributed by atoms with Crippen molar-refractivity contribution in [1.29, 1.82) is 0 Å². The zero-order chi connectivity index (χ0) is 16.9.